The van der Waals surface area contributed by atoms with Crippen molar-refractivity contribution in [3.63, 3.8) is 0 Å². The number of thiophene rings is 1. The van der Waals surface area contributed by atoms with Gasteiger partial charge in [0.15, 0.2) is 0 Å². The highest BCUT2D eigenvalue weighted by Crippen LogP contribution is 2.31. The smallest absolute Gasteiger partial charge is 0.214 e. The molecule has 2 aromatic rings. The Morgan fingerprint density at radius 2 is 1.76 bits per heavy atom. The van der Waals surface area contributed by atoms with Gasteiger partial charge < -0.3 is 0 Å². The van der Waals surface area contributed by atoms with Crippen LogP contribution in [0.1, 0.15) is 0 Å². The van der Waals surface area contributed by atoms with Gasteiger partial charge in [0.05, 0.1) is 0 Å². The second kappa shape index (κ2) is 4.89. The van der Waals surface area contributed by atoms with E-state index in [1.54, 1.807) is 6.07 Å². The number of hydrogen-bond acceptors (Lipinski definition) is 3. The minimum absolute atomic E-state index is 0.331. The number of hydrogen-bond donors (Lipinski definition) is 1. The molecule has 1 N–H and O–H groups in total. The van der Waals surface area contributed by atoms with Crippen LogP contribution >= 0.6 is 27.3 Å². The lowest BCUT2D eigenvalue weighted by atomic mass is 10.2. The molecule has 0 bridgehead atoms. The standard InChI is InChI=1S/C11H10BrNO2S2/c1-13-17(14,15)11-7-6-10(16-11)8-2-4-9(12)5-3-8/h2-7,13H,1H3. The summed E-state index contributed by atoms with van der Waals surface area (Å²) in [5.41, 5.74) is 1.01. The fourth-order valence-corrected chi connectivity index (χ4v) is 3.75. The van der Waals surface area contributed by atoms with Gasteiger partial charge in [-0.05, 0) is 36.9 Å². The summed E-state index contributed by atoms with van der Waals surface area (Å²) in [5, 5.41) is 0. The van der Waals surface area contributed by atoms with Crippen molar-refractivity contribution in [1.29, 1.82) is 0 Å². The van der Waals surface area contributed by atoms with Crippen molar-refractivity contribution < 1.29 is 8.42 Å². The third-order valence-corrected chi connectivity index (χ3v) is 5.81. The number of sulfonamides is 1. The van der Waals surface area contributed by atoms with Gasteiger partial charge in [-0.25, -0.2) is 13.1 Å². The van der Waals surface area contributed by atoms with E-state index in [1.807, 2.05) is 30.3 Å². The summed E-state index contributed by atoms with van der Waals surface area (Å²) in [6.45, 7) is 0. The van der Waals surface area contributed by atoms with Crippen LogP contribution in [0.15, 0.2) is 45.1 Å². The molecule has 2 rings (SSSR count). The molecule has 0 unspecified atom stereocenters. The van der Waals surface area contributed by atoms with E-state index < -0.39 is 10.0 Å². The minimum atomic E-state index is -3.33. The number of halogens is 1. The fourth-order valence-electron chi connectivity index (χ4n) is 1.33. The van der Waals surface area contributed by atoms with Crippen molar-refractivity contribution in [3.05, 3.63) is 40.9 Å². The monoisotopic (exact) mass is 331 g/mol. The zero-order valence-corrected chi connectivity index (χ0v) is 12.2. The first-order chi connectivity index (χ1) is 8.03. The van der Waals surface area contributed by atoms with E-state index >= 15 is 0 Å². The Hall–Kier alpha value is -0.690. The summed E-state index contributed by atoms with van der Waals surface area (Å²) in [5.74, 6) is 0. The van der Waals surface area contributed by atoms with Crippen molar-refractivity contribution in [3.8, 4) is 10.4 Å². The summed E-state index contributed by atoms with van der Waals surface area (Å²) >= 11 is 4.62. The number of rotatable bonds is 3. The summed E-state index contributed by atoms with van der Waals surface area (Å²) in [6, 6.07) is 11.2. The van der Waals surface area contributed by atoms with Crippen molar-refractivity contribution in [2.45, 2.75) is 4.21 Å². The summed E-state index contributed by atoms with van der Waals surface area (Å²) in [7, 11) is -1.92. The Morgan fingerprint density at radius 1 is 1.12 bits per heavy atom. The maximum atomic E-state index is 11.6. The predicted molar refractivity (Wildman–Crippen MR) is 73.7 cm³/mol. The molecule has 0 saturated carbocycles. The van der Waals surface area contributed by atoms with E-state index in [4.69, 9.17) is 0 Å². The first kappa shape index (κ1) is 12.8. The maximum Gasteiger partial charge on any atom is 0.249 e. The Labute approximate surface area is 113 Å². The van der Waals surface area contributed by atoms with Crippen LogP contribution in [0.2, 0.25) is 0 Å². The van der Waals surface area contributed by atoms with Gasteiger partial charge >= 0.3 is 0 Å². The first-order valence-electron chi connectivity index (χ1n) is 4.82. The van der Waals surface area contributed by atoms with E-state index in [2.05, 4.69) is 20.7 Å². The second-order valence-corrected chi connectivity index (χ2v) is 7.45. The van der Waals surface area contributed by atoms with E-state index in [0.717, 1.165) is 14.9 Å². The third-order valence-electron chi connectivity index (χ3n) is 2.24. The molecule has 0 aliphatic heterocycles. The summed E-state index contributed by atoms with van der Waals surface area (Å²) in [6.07, 6.45) is 0. The topological polar surface area (TPSA) is 46.2 Å². The Kier molecular flexibility index (Phi) is 3.67. The van der Waals surface area contributed by atoms with Crippen molar-refractivity contribution >= 4 is 37.3 Å². The molecular formula is C11H10BrNO2S2. The van der Waals surface area contributed by atoms with E-state index in [9.17, 15) is 8.42 Å². The van der Waals surface area contributed by atoms with Crippen LogP contribution in [-0.4, -0.2) is 15.5 Å². The van der Waals surface area contributed by atoms with Gasteiger partial charge in [-0.15, -0.1) is 11.3 Å². The molecule has 0 radical (unpaired) electrons. The lowest BCUT2D eigenvalue weighted by molar-refractivity contribution is 0.590. The molecule has 0 spiro atoms. The van der Waals surface area contributed by atoms with Crippen LogP contribution in [0, 0.1) is 0 Å². The largest absolute Gasteiger partial charge is 0.249 e. The number of benzene rings is 1. The molecule has 17 heavy (non-hydrogen) atoms. The van der Waals surface area contributed by atoms with E-state index in [0.29, 0.717) is 4.21 Å². The molecule has 90 valence electrons. The van der Waals surface area contributed by atoms with Crippen LogP contribution < -0.4 is 4.72 Å². The lowest BCUT2D eigenvalue weighted by Crippen LogP contribution is -2.17. The molecule has 1 heterocycles. The van der Waals surface area contributed by atoms with Crippen LogP contribution in [0.5, 0.6) is 0 Å². The SMILES string of the molecule is CNS(=O)(=O)c1ccc(-c2ccc(Br)cc2)s1. The maximum absolute atomic E-state index is 11.6. The van der Waals surface area contributed by atoms with Crippen LogP contribution in [0.3, 0.4) is 0 Å². The first-order valence-corrected chi connectivity index (χ1v) is 7.91. The molecular weight excluding hydrogens is 322 g/mol. The molecule has 0 aliphatic rings. The normalized spacial score (nSPS) is 11.6. The highest BCUT2D eigenvalue weighted by Gasteiger charge is 2.14. The van der Waals surface area contributed by atoms with Gasteiger partial charge in [-0.1, -0.05) is 28.1 Å². The van der Waals surface area contributed by atoms with Crippen LogP contribution in [-0.2, 0) is 10.0 Å². The predicted octanol–water partition coefficient (Wildman–Crippen LogP) is 3.09. The Morgan fingerprint density at radius 3 is 2.35 bits per heavy atom. The zero-order chi connectivity index (χ0) is 12.5. The highest BCUT2D eigenvalue weighted by atomic mass is 79.9. The molecule has 0 aliphatic carbocycles. The van der Waals surface area contributed by atoms with E-state index in [1.165, 1.54) is 18.4 Å². The van der Waals surface area contributed by atoms with Crippen molar-refractivity contribution in [2.75, 3.05) is 7.05 Å². The van der Waals surface area contributed by atoms with Gasteiger partial charge in [0.2, 0.25) is 10.0 Å². The summed E-state index contributed by atoms with van der Waals surface area (Å²) in [4.78, 5) is 0.936. The second-order valence-electron chi connectivity index (χ2n) is 3.33. The lowest BCUT2D eigenvalue weighted by Gasteiger charge is -1.98. The van der Waals surface area contributed by atoms with Gasteiger partial charge in [-0.3, -0.25) is 0 Å². The fraction of sp³-hybridized carbons (Fsp3) is 0.0909. The molecule has 0 amide bonds. The van der Waals surface area contributed by atoms with Gasteiger partial charge in [0.25, 0.3) is 0 Å². The van der Waals surface area contributed by atoms with Gasteiger partial charge in [0.1, 0.15) is 4.21 Å². The zero-order valence-electron chi connectivity index (χ0n) is 8.98. The molecule has 6 heteroatoms. The molecule has 0 atom stereocenters. The third kappa shape index (κ3) is 2.77. The van der Waals surface area contributed by atoms with Gasteiger partial charge in [-0.2, -0.15) is 0 Å². The van der Waals surface area contributed by atoms with Crippen molar-refractivity contribution in [2.24, 2.45) is 0 Å². The van der Waals surface area contributed by atoms with Crippen LogP contribution in [0.25, 0.3) is 10.4 Å². The van der Waals surface area contributed by atoms with Crippen molar-refractivity contribution in [1.82, 2.24) is 4.72 Å². The van der Waals surface area contributed by atoms with E-state index in [-0.39, 0.29) is 0 Å². The molecule has 0 fully saturated rings. The Balaban J connectivity index is 2.40. The summed E-state index contributed by atoms with van der Waals surface area (Å²) < 4.78 is 26.8. The minimum Gasteiger partial charge on any atom is -0.214 e. The highest BCUT2D eigenvalue weighted by molar-refractivity contribution is 9.10. The van der Waals surface area contributed by atoms with Gasteiger partial charge in [0, 0.05) is 9.35 Å². The average molecular weight is 332 g/mol. The number of nitrogens with one attached hydrogen (secondary N) is 1. The quantitative estimate of drug-likeness (QED) is 0.939. The average Bonchev–Trinajstić information content (AvgIpc) is 2.80. The Bertz CT molecular complexity index is 617. The molecule has 0 saturated heterocycles. The van der Waals surface area contributed by atoms with Crippen LogP contribution in [0.4, 0.5) is 0 Å². The molecule has 1 aromatic heterocycles. The molecule has 1 aromatic carbocycles. The molecule has 3 nitrogen and oxygen atoms in total.